The maximum Gasteiger partial charge on any atom is 0.202 e. The molecule has 0 bridgehead atoms. The smallest absolute Gasteiger partial charge is 0.202 e. The zero-order valence-corrected chi connectivity index (χ0v) is 25.8. The highest BCUT2D eigenvalue weighted by Gasteiger charge is 2.50. The van der Waals surface area contributed by atoms with E-state index in [0.29, 0.717) is 6.54 Å². The van der Waals surface area contributed by atoms with Crippen LogP contribution in [0, 0.1) is 0 Å². The van der Waals surface area contributed by atoms with Gasteiger partial charge in [0.1, 0.15) is 29.5 Å². The van der Waals surface area contributed by atoms with Gasteiger partial charge in [-0.15, -0.1) is 0 Å². The molecule has 0 amide bonds. The number of methoxy groups -OCH3 is 1. The highest BCUT2D eigenvalue weighted by atomic mass is 32.1. The van der Waals surface area contributed by atoms with E-state index in [9.17, 15) is 39.9 Å². The van der Waals surface area contributed by atoms with Crippen LogP contribution in [0.25, 0.3) is 0 Å². The molecule has 244 valence electrons. The Morgan fingerprint density at radius 3 is 2.56 bits per heavy atom. The molecule has 13 nitrogen and oxygen atoms in total. The number of aliphatic hydroxyl groups excluding tert-OH is 2. The number of Topliss-reactive ketones (excluding diaryl/α,β-unsaturated/α-hetero) is 1. The minimum absolute atomic E-state index is 0.0484. The minimum atomic E-state index is -2.25. The second-order valence-corrected chi connectivity index (χ2v) is 12.1. The first kappa shape index (κ1) is 33.3. The van der Waals surface area contributed by atoms with Gasteiger partial charge in [-0.25, -0.2) is 0 Å². The summed E-state index contributed by atoms with van der Waals surface area (Å²) < 4.78 is 17.5. The van der Waals surface area contributed by atoms with Gasteiger partial charge in [0.15, 0.2) is 17.9 Å². The number of carbonyl (C=O) groups is 3. The monoisotopic (exact) mass is 646 g/mol. The van der Waals surface area contributed by atoms with Crippen LogP contribution in [0.15, 0.2) is 18.2 Å². The third kappa shape index (κ3) is 5.97. The van der Waals surface area contributed by atoms with E-state index in [-0.39, 0.29) is 34.4 Å². The van der Waals surface area contributed by atoms with Gasteiger partial charge in [-0.3, -0.25) is 25.2 Å². The molecule has 3 aliphatic rings. The van der Waals surface area contributed by atoms with E-state index in [1.807, 2.05) is 0 Å². The van der Waals surface area contributed by atoms with E-state index in [1.165, 1.54) is 25.3 Å². The van der Waals surface area contributed by atoms with Gasteiger partial charge in [-0.05, 0) is 31.6 Å². The molecule has 5 rings (SSSR count). The molecule has 0 radical (unpaired) electrons. The molecule has 4 unspecified atom stereocenters. The summed E-state index contributed by atoms with van der Waals surface area (Å²) in [4.78, 5) is 40.2. The highest BCUT2D eigenvalue weighted by Crippen LogP contribution is 2.52. The quantitative estimate of drug-likeness (QED) is 0.0631. The van der Waals surface area contributed by atoms with Gasteiger partial charge in [0.05, 0.1) is 48.2 Å². The predicted molar refractivity (Wildman–Crippen MR) is 162 cm³/mol. The lowest BCUT2D eigenvalue weighted by molar-refractivity contribution is -0.250. The summed E-state index contributed by atoms with van der Waals surface area (Å²) in [6.45, 7) is 1.25. The van der Waals surface area contributed by atoms with E-state index in [2.05, 4.69) is 23.5 Å². The molecule has 2 aromatic rings. The van der Waals surface area contributed by atoms with Crippen molar-refractivity contribution < 1.29 is 54.1 Å². The molecule has 1 aliphatic heterocycles. The lowest BCUT2D eigenvalue weighted by atomic mass is 9.72. The van der Waals surface area contributed by atoms with E-state index in [4.69, 9.17) is 14.2 Å². The lowest BCUT2D eigenvalue weighted by Crippen LogP contribution is -2.57. The van der Waals surface area contributed by atoms with Crippen molar-refractivity contribution in [3.05, 3.63) is 51.6 Å². The molecular weight excluding hydrogens is 608 g/mol. The number of hydrogen-bond acceptors (Lipinski definition) is 14. The molecule has 1 saturated heterocycles. The van der Waals surface area contributed by atoms with Gasteiger partial charge >= 0.3 is 0 Å². The molecule has 0 aromatic heterocycles. The third-order valence-electron chi connectivity index (χ3n) is 8.76. The molecule has 2 aliphatic carbocycles. The van der Waals surface area contributed by atoms with Gasteiger partial charge in [0.25, 0.3) is 0 Å². The largest absolute Gasteiger partial charge is 0.507 e. The number of hydrazine groups is 1. The van der Waals surface area contributed by atoms with E-state index in [0.717, 1.165) is 18.6 Å². The van der Waals surface area contributed by atoms with Crippen LogP contribution < -0.4 is 15.6 Å². The number of fused-ring (bicyclic) bond motifs is 3. The lowest BCUT2D eigenvalue weighted by Gasteiger charge is -2.43. The normalized spacial score (nSPS) is 27.5. The van der Waals surface area contributed by atoms with Crippen molar-refractivity contribution in [2.24, 2.45) is 0 Å². The third-order valence-corrected chi connectivity index (χ3v) is 9.07. The summed E-state index contributed by atoms with van der Waals surface area (Å²) in [5.41, 5.74) is 2.56. The molecule has 45 heavy (non-hydrogen) atoms. The Morgan fingerprint density at radius 2 is 1.87 bits per heavy atom. The maximum absolute atomic E-state index is 13.8. The number of thiol groups is 1. The maximum atomic E-state index is 13.8. The van der Waals surface area contributed by atoms with Crippen molar-refractivity contribution in [3.63, 3.8) is 0 Å². The second-order valence-electron chi connectivity index (χ2n) is 11.6. The van der Waals surface area contributed by atoms with Crippen molar-refractivity contribution in [1.29, 1.82) is 0 Å². The van der Waals surface area contributed by atoms with Gasteiger partial charge < -0.3 is 39.7 Å². The minimum Gasteiger partial charge on any atom is -0.507 e. The van der Waals surface area contributed by atoms with Crippen molar-refractivity contribution >= 4 is 30.0 Å². The van der Waals surface area contributed by atoms with Crippen LogP contribution in [-0.4, -0.2) is 99.0 Å². The topological polar surface area (TPSA) is 204 Å². The first-order chi connectivity index (χ1) is 21.5. The number of aliphatic hydroxyl groups is 3. The van der Waals surface area contributed by atoms with Crippen molar-refractivity contribution in [3.8, 4) is 17.2 Å². The molecule has 7 N–H and O–H groups in total. The molecule has 0 saturated carbocycles. The van der Waals surface area contributed by atoms with Crippen LogP contribution in [-0.2, 0) is 20.7 Å². The van der Waals surface area contributed by atoms with Crippen molar-refractivity contribution in [1.82, 2.24) is 10.9 Å². The summed E-state index contributed by atoms with van der Waals surface area (Å²) in [6, 6.07) is 3.86. The van der Waals surface area contributed by atoms with Crippen LogP contribution in [0.5, 0.6) is 17.2 Å². The fraction of sp³-hybridized carbons (Fsp3) is 0.516. The van der Waals surface area contributed by atoms with E-state index < -0.39 is 95.7 Å². The second kappa shape index (κ2) is 13.3. The summed E-state index contributed by atoms with van der Waals surface area (Å²) in [6.07, 6.45) is -3.20. The molecule has 2 aromatic carbocycles. The molecule has 1 fully saturated rings. The fourth-order valence-corrected chi connectivity index (χ4v) is 6.61. The van der Waals surface area contributed by atoms with Crippen LogP contribution in [0.3, 0.4) is 0 Å². The molecule has 14 heteroatoms. The molecule has 0 spiro atoms. The number of ketones is 3. The zero-order chi connectivity index (χ0) is 32.6. The van der Waals surface area contributed by atoms with Crippen molar-refractivity contribution in [2.75, 3.05) is 26.0 Å². The Hall–Kier alpha value is -3.08. The SMILES string of the molecule is COc1cccc2c1C(=O)c1c(O)c3c(c(O)c1C2=O)C[C@@](O)(C(=O)CO)C[C@@H]3OC1CC(NNCCCCS)C(O)C(C)O1. The first-order valence-corrected chi connectivity index (χ1v) is 15.4. The number of ether oxygens (including phenoxy) is 3. The number of nitrogens with one attached hydrogen (secondary N) is 2. The summed E-state index contributed by atoms with van der Waals surface area (Å²) in [7, 11) is 1.33. The number of carbonyl (C=O) groups excluding carboxylic acids is 3. The highest BCUT2D eigenvalue weighted by molar-refractivity contribution is 7.80. The van der Waals surface area contributed by atoms with Gasteiger partial charge in [-0.2, -0.15) is 12.6 Å². The zero-order valence-electron chi connectivity index (χ0n) is 24.9. The number of phenolic OH excluding ortho intramolecular Hbond substituents is 2. The number of phenols is 2. The predicted octanol–water partition coefficient (Wildman–Crippen LogP) is 0.847. The summed E-state index contributed by atoms with van der Waals surface area (Å²) in [5, 5.41) is 55.0. The van der Waals surface area contributed by atoms with Crippen molar-refractivity contribution in [2.45, 2.75) is 75.3 Å². The number of aromatic hydroxyl groups is 2. The van der Waals surface area contributed by atoms with Crippen LogP contribution in [0.1, 0.15) is 81.7 Å². The number of rotatable bonds is 11. The summed E-state index contributed by atoms with van der Waals surface area (Å²) in [5.74, 6) is -2.99. The number of hydrogen-bond donors (Lipinski definition) is 8. The van der Waals surface area contributed by atoms with Crippen LogP contribution >= 0.6 is 12.6 Å². The summed E-state index contributed by atoms with van der Waals surface area (Å²) >= 11 is 4.20. The average Bonchev–Trinajstić information content (AvgIpc) is 3.02. The van der Waals surface area contributed by atoms with Crippen LogP contribution in [0.4, 0.5) is 0 Å². The van der Waals surface area contributed by atoms with Gasteiger partial charge in [0, 0.05) is 42.5 Å². The molecule has 1 heterocycles. The van der Waals surface area contributed by atoms with Crippen LogP contribution in [0.2, 0.25) is 0 Å². The van der Waals surface area contributed by atoms with Gasteiger partial charge in [-0.1, -0.05) is 12.1 Å². The molecule has 6 atom stereocenters. The average molecular weight is 647 g/mol. The Kier molecular flexibility index (Phi) is 9.87. The molecular formula is C31H38N2O11S. The Balaban J connectivity index is 1.55. The fourth-order valence-electron chi connectivity index (χ4n) is 6.39. The number of unbranched alkanes of at least 4 members (excludes halogenated alkanes) is 1. The number of benzene rings is 2. The Labute approximate surface area is 264 Å². The first-order valence-electron chi connectivity index (χ1n) is 14.8. The standard InChI is InChI=1S/C31H38N2O11S/c1-14-26(36)17(33-32-8-3-4-9-45)10-21(43-14)44-19-12-31(41,20(35)13-34)11-16-23(19)30(40)25-24(28(16)38)27(37)15-6-5-7-18(42-2)22(15)29(25)39/h5-7,14,17,19,21,26,32-34,36,38,40-41,45H,3-4,8-13H2,1-2H3/t14?,17?,19-,21?,26?,31-/m0/s1. The van der Waals surface area contributed by atoms with E-state index in [1.54, 1.807) is 6.92 Å². The Morgan fingerprint density at radius 1 is 1.13 bits per heavy atom. The van der Waals surface area contributed by atoms with E-state index >= 15 is 0 Å². The van der Waals surface area contributed by atoms with Gasteiger partial charge in [0.2, 0.25) is 5.78 Å². The Bertz CT molecular complexity index is 1500.